The Balaban J connectivity index is 0.00000200. The molecular formula is C15H23ClN4. The van der Waals surface area contributed by atoms with E-state index in [9.17, 15) is 0 Å². The number of nitrogens with one attached hydrogen (secondary N) is 1. The fourth-order valence-corrected chi connectivity index (χ4v) is 1.97. The molecule has 0 unspecified atom stereocenters. The Kier molecular flexibility index (Phi) is 7.26. The number of nitrogens with zero attached hydrogens (tertiary/aromatic N) is 3. The smallest absolute Gasteiger partial charge is 0.117 e. The van der Waals surface area contributed by atoms with Gasteiger partial charge in [-0.15, -0.1) is 12.4 Å². The Morgan fingerprint density at radius 2 is 1.85 bits per heavy atom. The molecule has 0 fully saturated rings. The molecule has 0 saturated carbocycles. The van der Waals surface area contributed by atoms with E-state index in [0.717, 1.165) is 36.6 Å². The number of hydrogen-bond donors (Lipinski definition) is 1. The minimum absolute atomic E-state index is 0. The van der Waals surface area contributed by atoms with Crippen LogP contribution < -0.4 is 5.32 Å². The first kappa shape index (κ1) is 16.7. The van der Waals surface area contributed by atoms with Crippen LogP contribution in [0.5, 0.6) is 0 Å². The van der Waals surface area contributed by atoms with Crippen molar-refractivity contribution >= 4 is 12.4 Å². The molecule has 5 heteroatoms. The summed E-state index contributed by atoms with van der Waals surface area (Å²) in [5.74, 6) is 0. The summed E-state index contributed by atoms with van der Waals surface area (Å²) in [5, 5.41) is 12.5. The van der Waals surface area contributed by atoms with Crippen LogP contribution in [0.1, 0.15) is 32.4 Å². The number of benzene rings is 1. The SMILES string of the molecule is CCCCNCc1nn(CC)nc1-c1ccccc1.Cl. The predicted octanol–water partition coefficient (Wildman–Crippen LogP) is 3.28. The van der Waals surface area contributed by atoms with Crippen molar-refractivity contribution in [3.8, 4) is 11.3 Å². The minimum Gasteiger partial charge on any atom is -0.311 e. The summed E-state index contributed by atoms with van der Waals surface area (Å²) in [6, 6.07) is 10.3. The van der Waals surface area contributed by atoms with Gasteiger partial charge in [-0.2, -0.15) is 15.0 Å². The third-order valence-corrected chi connectivity index (χ3v) is 3.05. The molecule has 20 heavy (non-hydrogen) atoms. The highest BCUT2D eigenvalue weighted by Crippen LogP contribution is 2.19. The first-order chi connectivity index (χ1) is 9.35. The van der Waals surface area contributed by atoms with E-state index >= 15 is 0 Å². The van der Waals surface area contributed by atoms with Crippen molar-refractivity contribution in [2.75, 3.05) is 6.54 Å². The quantitative estimate of drug-likeness (QED) is 0.797. The van der Waals surface area contributed by atoms with E-state index in [1.54, 1.807) is 4.80 Å². The Morgan fingerprint density at radius 1 is 1.10 bits per heavy atom. The van der Waals surface area contributed by atoms with Gasteiger partial charge in [-0.1, -0.05) is 43.7 Å². The second-order valence-electron chi connectivity index (χ2n) is 4.58. The van der Waals surface area contributed by atoms with Crippen LogP contribution in [0.3, 0.4) is 0 Å². The van der Waals surface area contributed by atoms with Gasteiger partial charge in [0.1, 0.15) is 11.4 Å². The van der Waals surface area contributed by atoms with E-state index in [1.165, 1.54) is 12.8 Å². The number of hydrogen-bond acceptors (Lipinski definition) is 3. The molecule has 0 radical (unpaired) electrons. The Morgan fingerprint density at radius 3 is 2.50 bits per heavy atom. The van der Waals surface area contributed by atoms with Gasteiger partial charge in [0.05, 0.1) is 6.54 Å². The van der Waals surface area contributed by atoms with Crippen LogP contribution in [0.4, 0.5) is 0 Å². The van der Waals surface area contributed by atoms with Gasteiger partial charge in [-0.3, -0.25) is 0 Å². The standard InChI is InChI=1S/C15H22N4.ClH/c1-3-5-11-16-12-14-15(18-19(4-2)17-14)13-9-7-6-8-10-13;/h6-10,16H,3-5,11-12H2,1-2H3;1H. The van der Waals surface area contributed by atoms with E-state index in [0.29, 0.717) is 0 Å². The summed E-state index contributed by atoms with van der Waals surface area (Å²) < 4.78 is 0. The van der Waals surface area contributed by atoms with E-state index in [4.69, 9.17) is 0 Å². The molecule has 0 spiro atoms. The van der Waals surface area contributed by atoms with Crippen LogP contribution in [-0.4, -0.2) is 21.5 Å². The summed E-state index contributed by atoms with van der Waals surface area (Å²) in [4.78, 5) is 1.76. The van der Waals surface area contributed by atoms with Crippen LogP contribution in [-0.2, 0) is 13.1 Å². The maximum absolute atomic E-state index is 4.56. The fourth-order valence-electron chi connectivity index (χ4n) is 1.97. The molecule has 0 aliphatic rings. The Bertz CT molecular complexity index is 496. The largest absolute Gasteiger partial charge is 0.311 e. The predicted molar refractivity (Wildman–Crippen MR) is 85.0 cm³/mol. The van der Waals surface area contributed by atoms with Crippen LogP contribution in [0, 0.1) is 0 Å². The number of halogens is 1. The lowest BCUT2D eigenvalue weighted by molar-refractivity contribution is 0.556. The molecule has 0 atom stereocenters. The number of unbranched alkanes of at least 4 members (excludes halogenated alkanes) is 1. The van der Waals surface area contributed by atoms with Crippen molar-refractivity contribution in [1.29, 1.82) is 0 Å². The maximum atomic E-state index is 4.56. The van der Waals surface area contributed by atoms with Crippen molar-refractivity contribution in [3.63, 3.8) is 0 Å². The average Bonchev–Trinajstić information content (AvgIpc) is 2.88. The molecule has 0 amide bonds. The highest BCUT2D eigenvalue weighted by atomic mass is 35.5. The first-order valence-corrected chi connectivity index (χ1v) is 7.05. The molecule has 1 N–H and O–H groups in total. The van der Waals surface area contributed by atoms with Crippen molar-refractivity contribution in [2.45, 2.75) is 39.8 Å². The van der Waals surface area contributed by atoms with Crippen LogP contribution in [0.2, 0.25) is 0 Å². The normalized spacial score (nSPS) is 10.3. The molecule has 1 aromatic carbocycles. The van der Waals surface area contributed by atoms with Crippen molar-refractivity contribution in [1.82, 2.24) is 20.3 Å². The van der Waals surface area contributed by atoms with E-state index < -0.39 is 0 Å². The fraction of sp³-hybridized carbons (Fsp3) is 0.467. The van der Waals surface area contributed by atoms with Crippen molar-refractivity contribution in [2.24, 2.45) is 0 Å². The number of rotatable bonds is 7. The molecule has 4 nitrogen and oxygen atoms in total. The van der Waals surface area contributed by atoms with Gasteiger partial charge in [0.25, 0.3) is 0 Å². The second-order valence-corrected chi connectivity index (χ2v) is 4.58. The molecule has 1 heterocycles. The molecule has 2 rings (SSSR count). The van der Waals surface area contributed by atoms with E-state index in [2.05, 4.69) is 41.5 Å². The highest BCUT2D eigenvalue weighted by Gasteiger charge is 2.11. The molecule has 0 aliphatic heterocycles. The number of aromatic nitrogens is 3. The lowest BCUT2D eigenvalue weighted by atomic mass is 10.1. The van der Waals surface area contributed by atoms with Crippen LogP contribution in [0.25, 0.3) is 11.3 Å². The average molecular weight is 295 g/mol. The van der Waals surface area contributed by atoms with Crippen LogP contribution in [0.15, 0.2) is 30.3 Å². The Labute approximate surface area is 127 Å². The Hall–Kier alpha value is -1.39. The molecular weight excluding hydrogens is 272 g/mol. The van der Waals surface area contributed by atoms with Crippen molar-refractivity contribution < 1.29 is 0 Å². The third kappa shape index (κ3) is 4.32. The summed E-state index contributed by atoms with van der Waals surface area (Å²) >= 11 is 0. The summed E-state index contributed by atoms with van der Waals surface area (Å²) in [7, 11) is 0. The lowest BCUT2D eigenvalue weighted by Gasteiger charge is -2.03. The van der Waals surface area contributed by atoms with E-state index in [-0.39, 0.29) is 12.4 Å². The summed E-state index contributed by atoms with van der Waals surface area (Å²) in [6.07, 6.45) is 2.41. The van der Waals surface area contributed by atoms with Gasteiger partial charge < -0.3 is 5.32 Å². The first-order valence-electron chi connectivity index (χ1n) is 7.05. The third-order valence-electron chi connectivity index (χ3n) is 3.05. The maximum Gasteiger partial charge on any atom is 0.117 e. The highest BCUT2D eigenvalue weighted by molar-refractivity contribution is 5.85. The van der Waals surface area contributed by atoms with Gasteiger partial charge in [-0.25, -0.2) is 0 Å². The molecule has 110 valence electrons. The van der Waals surface area contributed by atoms with Gasteiger partial charge in [0.15, 0.2) is 0 Å². The van der Waals surface area contributed by atoms with Crippen LogP contribution >= 0.6 is 12.4 Å². The lowest BCUT2D eigenvalue weighted by Crippen LogP contribution is -2.15. The summed E-state index contributed by atoms with van der Waals surface area (Å²) in [6.45, 7) is 6.87. The summed E-state index contributed by atoms with van der Waals surface area (Å²) in [5.41, 5.74) is 3.16. The molecule has 1 aromatic heterocycles. The van der Waals surface area contributed by atoms with E-state index in [1.807, 2.05) is 18.2 Å². The van der Waals surface area contributed by atoms with Gasteiger partial charge in [0.2, 0.25) is 0 Å². The zero-order valence-electron chi connectivity index (χ0n) is 12.2. The second kappa shape index (κ2) is 8.72. The van der Waals surface area contributed by atoms with Gasteiger partial charge >= 0.3 is 0 Å². The zero-order chi connectivity index (χ0) is 13.5. The molecule has 2 aromatic rings. The topological polar surface area (TPSA) is 42.7 Å². The minimum atomic E-state index is 0. The van der Waals surface area contributed by atoms with Crippen molar-refractivity contribution in [3.05, 3.63) is 36.0 Å². The molecule has 0 bridgehead atoms. The zero-order valence-corrected chi connectivity index (χ0v) is 13.0. The van der Waals surface area contributed by atoms with Gasteiger partial charge in [-0.05, 0) is 19.9 Å². The van der Waals surface area contributed by atoms with Gasteiger partial charge in [0, 0.05) is 12.1 Å². The molecule has 0 aliphatic carbocycles. The monoisotopic (exact) mass is 294 g/mol. The molecule has 0 saturated heterocycles. The number of aryl methyl sites for hydroxylation is 1.